The highest BCUT2D eigenvalue weighted by Gasteiger charge is 1.73. The molecular formula is C15H30. The number of hydrogen-bond acceptors (Lipinski definition) is 0. The summed E-state index contributed by atoms with van der Waals surface area (Å²) < 4.78 is 0. The van der Waals surface area contributed by atoms with Crippen molar-refractivity contribution in [3.8, 4) is 0 Å². The third-order valence-electron chi connectivity index (χ3n) is 1.92. The second-order valence-corrected chi connectivity index (χ2v) is 4.12. The molecule has 0 N–H and O–H groups in total. The normalized spacial score (nSPS) is 9.67. The third-order valence-corrected chi connectivity index (χ3v) is 1.92. The lowest BCUT2D eigenvalue weighted by molar-refractivity contribution is 0.921. The molecule has 0 bridgehead atoms. The first-order valence-corrected chi connectivity index (χ1v) is 6.47. The van der Waals surface area contributed by atoms with Gasteiger partial charge >= 0.3 is 0 Å². The predicted octanol–water partition coefficient (Wildman–Crippen LogP) is 5.90. The molecule has 0 saturated heterocycles. The number of rotatable bonds is 6. The van der Waals surface area contributed by atoms with Crippen LogP contribution in [0.2, 0.25) is 0 Å². The highest BCUT2D eigenvalue weighted by atomic mass is 13.8. The van der Waals surface area contributed by atoms with Crippen LogP contribution in [0.4, 0.5) is 0 Å². The molecule has 0 unspecified atom stereocenters. The van der Waals surface area contributed by atoms with Gasteiger partial charge in [-0.25, -0.2) is 0 Å². The summed E-state index contributed by atoms with van der Waals surface area (Å²) in [6, 6.07) is 0. The molecule has 0 nitrogen and oxygen atoms in total. The Morgan fingerprint density at radius 2 is 1.13 bits per heavy atom. The molecule has 0 atom stereocenters. The molecule has 0 aliphatic rings. The summed E-state index contributed by atoms with van der Waals surface area (Å²) in [6.45, 7) is 10.9. The van der Waals surface area contributed by atoms with E-state index in [0.717, 1.165) is 0 Å². The smallest absolute Gasteiger partial charge is 0.0351 e. The standard InChI is InChI=1S/C8H16.C7H14/c1-3-5-7-8-6-4-2;1-4-5-6-7(2)3/h7-8H,3-6H2,1-2H3;6H,4-5H2,1-3H3. The van der Waals surface area contributed by atoms with E-state index in [-0.39, 0.29) is 0 Å². The van der Waals surface area contributed by atoms with Crippen molar-refractivity contribution in [2.45, 2.75) is 73.1 Å². The van der Waals surface area contributed by atoms with E-state index < -0.39 is 0 Å². The zero-order chi connectivity index (χ0) is 11.9. The number of allylic oxidation sites excluding steroid dienone is 4. The van der Waals surface area contributed by atoms with Crippen LogP contribution in [0.3, 0.4) is 0 Å². The molecule has 0 fully saturated rings. The van der Waals surface area contributed by atoms with Crippen molar-refractivity contribution < 1.29 is 0 Å². The second kappa shape index (κ2) is 15.9. The van der Waals surface area contributed by atoms with Crippen LogP contribution < -0.4 is 0 Å². The van der Waals surface area contributed by atoms with Crippen molar-refractivity contribution >= 4 is 0 Å². The maximum atomic E-state index is 2.27. The van der Waals surface area contributed by atoms with Crippen LogP contribution >= 0.6 is 0 Å². The average Bonchev–Trinajstić information content (AvgIpc) is 2.22. The Bertz CT molecular complexity index is 139. The van der Waals surface area contributed by atoms with Crippen LogP contribution in [0, 0.1) is 0 Å². The van der Waals surface area contributed by atoms with E-state index in [9.17, 15) is 0 Å². The molecule has 0 aromatic carbocycles. The summed E-state index contributed by atoms with van der Waals surface area (Å²) in [5.74, 6) is 0. The van der Waals surface area contributed by atoms with Gasteiger partial charge in [0, 0.05) is 0 Å². The molecule has 0 amide bonds. The van der Waals surface area contributed by atoms with Crippen molar-refractivity contribution in [2.75, 3.05) is 0 Å². The zero-order valence-electron chi connectivity index (χ0n) is 11.5. The van der Waals surface area contributed by atoms with Gasteiger partial charge in [0.2, 0.25) is 0 Å². The monoisotopic (exact) mass is 210 g/mol. The molecule has 0 aromatic rings. The predicted molar refractivity (Wildman–Crippen MR) is 73.3 cm³/mol. The quantitative estimate of drug-likeness (QED) is 0.479. The lowest BCUT2D eigenvalue weighted by Crippen LogP contribution is -1.64. The van der Waals surface area contributed by atoms with Crippen LogP contribution in [0.1, 0.15) is 73.1 Å². The Balaban J connectivity index is 0. The van der Waals surface area contributed by atoms with Gasteiger partial charge in [0.15, 0.2) is 0 Å². The first-order chi connectivity index (χ1) is 7.18. The molecule has 90 valence electrons. The molecule has 0 spiro atoms. The van der Waals surface area contributed by atoms with E-state index in [4.69, 9.17) is 0 Å². The van der Waals surface area contributed by atoms with E-state index in [1.165, 1.54) is 44.1 Å². The third kappa shape index (κ3) is 24.7. The molecule has 0 aliphatic heterocycles. The molecule has 0 saturated carbocycles. The maximum absolute atomic E-state index is 2.27. The molecule has 0 radical (unpaired) electrons. The van der Waals surface area contributed by atoms with Gasteiger partial charge in [-0.05, 0) is 33.1 Å². The topological polar surface area (TPSA) is 0 Å². The summed E-state index contributed by atoms with van der Waals surface area (Å²) in [5, 5.41) is 0. The van der Waals surface area contributed by atoms with Crippen LogP contribution in [-0.2, 0) is 0 Å². The van der Waals surface area contributed by atoms with Crippen LogP contribution in [0.5, 0.6) is 0 Å². The van der Waals surface area contributed by atoms with E-state index >= 15 is 0 Å². The van der Waals surface area contributed by atoms with Crippen molar-refractivity contribution in [1.82, 2.24) is 0 Å². The zero-order valence-corrected chi connectivity index (χ0v) is 11.5. The lowest BCUT2D eigenvalue weighted by Gasteiger charge is -1.85. The fourth-order valence-corrected chi connectivity index (χ4v) is 1.00. The fourth-order valence-electron chi connectivity index (χ4n) is 1.00. The fraction of sp³-hybridized carbons (Fsp3) is 0.733. The molecular weight excluding hydrogens is 180 g/mol. The van der Waals surface area contributed by atoms with E-state index in [1.54, 1.807) is 0 Å². The minimum absolute atomic E-state index is 1.24. The van der Waals surface area contributed by atoms with Gasteiger partial charge < -0.3 is 0 Å². The van der Waals surface area contributed by atoms with Crippen molar-refractivity contribution in [2.24, 2.45) is 0 Å². The summed E-state index contributed by atoms with van der Waals surface area (Å²) in [4.78, 5) is 0. The summed E-state index contributed by atoms with van der Waals surface area (Å²) in [5.41, 5.74) is 1.43. The van der Waals surface area contributed by atoms with Crippen molar-refractivity contribution in [1.29, 1.82) is 0 Å². The van der Waals surface area contributed by atoms with Gasteiger partial charge in [0.05, 0.1) is 0 Å². The average molecular weight is 210 g/mol. The Morgan fingerprint density at radius 1 is 0.733 bits per heavy atom. The summed E-state index contributed by atoms with van der Waals surface area (Å²) in [7, 11) is 0. The van der Waals surface area contributed by atoms with E-state index in [1.807, 2.05) is 0 Å². The summed E-state index contributed by atoms with van der Waals surface area (Å²) >= 11 is 0. The van der Waals surface area contributed by atoms with E-state index in [0.29, 0.717) is 0 Å². The van der Waals surface area contributed by atoms with Crippen LogP contribution in [0.15, 0.2) is 23.8 Å². The Morgan fingerprint density at radius 3 is 1.33 bits per heavy atom. The molecule has 15 heavy (non-hydrogen) atoms. The van der Waals surface area contributed by atoms with Gasteiger partial charge in [-0.1, -0.05) is 63.8 Å². The number of unbranched alkanes of at least 4 members (excludes halogenated alkanes) is 3. The highest BCUT2D eigenvalue weighted by Crippen LogP contribution is 1.94. The Kier molecular flexibility index (Phi) is 17.9. The van der Waals surface area contributed by atoms with Gasteiger partial charge in [-0.2, -0.15) is 0 Å². The molecule has 0 heteroatoms. The number of hydrogen-bond donors (Lipinski definition) is 0. The lowest BCUT2D eigenvalue weighted by atomic mass is 10.2. The van der Waals surface area contributed by atoms with Gasteiger partial charge in [-0.15, -0.1) is 0 Å². The van der Waals surface area contributed by atoms with Crippen molar-refractivity contribution in [3.63, 3.8) is 0 Å². The first-order valence-electron chi connectivity index (χ1n) is 6.47. The van der Waals surface area contributed by atoms with Crippen molar-refractivity contribution in [3.05, 3.63) is 23.8 Å². The van der Waals surface area contributed by atoms with Crippen LogP contribution in [-0.4, -0.2) is 0 Å². The van der Waals surface area contributed by atoms with Crippen LogP contribution in [0.25, 0.3) is 0 Å². The van der Waals surface area contributed by atoms with Gasteiger partial charge in [0.25, 0.3) is 0 Å². The van der Waals surface area contributed by atoms with Gasteiger partial charge in [0.1, 0.15) is 0 Å². The largest absolute Gasteiger partial charge is 0.0885 e. The second-order valence-electron chi connectivity index (χ2n) is 4.12. The molecule has 0 rings (SSSR count). The minimum atomic E-state index is 1.24. The van der Waals surface area contributed by atoms with Gasteiger partial charge in [-0.3, -0.25) is 0 Å². The Hall–Kier alpha value is -0.520. The van der Waals surface area contributed by atoms with E-state index in [2.05, 4.69) is 52.8 Å². The molecule has 0 heterocycles. The maximum Gasteiger partial charge on any atom is -0.0351 e. The molecule has 0 aliphatic carbocycles. The molecule has 0 aromatic heterocycles. The SMILES string of the molecule is CCCC=C(C)C.CCCC=CCCC. The first kappa shape index (κ1) is 16.9. The minimum Gasteiger partial charge on any atom is -0.0885 e. The Labute approximate surface area is 97.5 Å². The summed E-state index contributed by atoms with van der Waals surface area (Å²) in [6.07, 6.45) is 14.4. The highest BCUT2D eigenvalue weighted by molar-refractivity contribution is 4.92.